The second-order valence-electron chi connectivity index (χ2n) is 4.25. The first kappa shape index (κ1) is 16.8. The molecule has 1 atom stereocenters. The third kappa shape index (κ3) is 4.96. The molecule has 0 aliphatic carbocycles. The first-order valence-corrected chi connectivity index (χ1v) is 6.54. The fourth-order valence-corrected chi connectivity index (χ4v) is 1.57. The number of methoxy groups -OCH3 is 1. The van der Waals surface area contributed by atoms with Crippen LogP contribution >= 0.6 is 0 Å². The largest absolute Gasteiger partial charge is 0.493 e. The highest BCUT2D eigenvalue weighted by molar-refractivity contribution is 5.96. The minimum Gasteiger partial charge on any atom is -0.493 e. The highest BCUT2D eigenvalue weighted by Gasteiger charge is 2.19. The second-order valence-corrected chi connectivity index (χ2v) is 4.25. The molecule has 0 spiro atoms. The van der Waals surface area contributed by atoms with Gasteiger partial charge in [0.2, 0.25) is 0 Å². The first-order valence-electron chi connectivity index (χ1n) is 6.54. The topological polar surface area (TPSA) is 96.9 Å². The van der Waals surface area contributed by atoms with E-state index in [4.69, 9.17) is 14.6 Å². The SMILES string of the molecule is CCNC(=O)NC(=O)C(C)Oc1cc(CO)ccc1OC. The maximum absolute atomic E-state index is 11.8. The molecule has 1 unspecified atom stereocenters. The van der Waals surface area contributed by atoms with E-state index < -0.39 is 18.0 Å². The molecular formula is C14H20N2O5. The van der Waals surface area contributed by atoms with Gasteiger partial charge < -0.3 is 19.9 Å². The summed E-state index contributed by atoms with van der Waals surface area (Å²) in [7, 11) is 1.47. The molecule has 0 saturated carbocycles. The summed E-state index contributed by atoms with van der Waals surface area (Å²) in [6.07, 6.45) is -0.893. The van der Waals surface area contributed by atoms with Crippen molar-refractivity contribution in [3.05, 3.63) is 23.8 Å². The Morgan fingerprint density at radius 3 is 2.62 bits per heavy atom. The fraction of sp³-hybridized carbons (Fsp3) is 0.429. The van der Waals surface area contributed by atoms with Gasteiger partial charge in [0.1, 0.15) is 0 Å². The van der Waals surface area contributed by atoms with Gasteiger partial charge in [-0.25, -0.2) is 4.79 Å². The second kappa shape index (κ2) is 8.11. The number of hydrogen-bond donors (Lipinski definition) is 3. The molecule has 0 aliphatic rings. The number of nitrogens with one attached hydrogen (secondary N) is 2. The Balaban J connectivity index is 2.75. The van der Waals surface area contributed by atoms with Crippen LogP contribution in [0.1, 0.15) is 19.4 Å². The molecule has 7 heteroatoms. The first-order chi connectivity index (χ1) is 10.0. The summed E-state index contributed by atoms with van der Waals surface area (Å²) in [5.74, 6) is 0.185. The number of urea groups is 1. The zero-order chi connectivity index (χ0) is 15.8. The van der Waals surface area contributed by atoms with Crippen LogP contribution in [0.25, 0.3) is 0 Å². The zero-order valence-electron chi connectivity index (χ0n) is 12.3. The number of rotatable bonds is 6. The number of aliphatic hydroxyl groups excluding tert-OH is 1. The summed E-state index contributed by atoms with van der Waals surface area (Å²) in [5, 5.41) is 13.7. The molecule has 0 radical (unpaired) electrons. The molecule has 0 aliphatic heterocycles. The normalized spacial score (nSPS) is 11.4. The predicted octanol–water partition coefficient (Wildman–Crippen LogP) is 0.800. The van der Waals surface area contributed by atoms with E-state index in [-0.39, 0.29) is 6.61 Å². The number of aliphatic hydroxyl groups is 1. The predicted molar refractivity (Wildman–Crippen MR) is 76.2 cm³/mol. The highest BCUT2D eigenvalue weighted by Crippen LogP contribution is 2.29. The van der Waals surface area contributed by atoms with Crippen molar-refractivity contribution in [2.45, 2.75) is 26.6 Å². The number of hydrogen-bond acceptors (Lipinski definition) is 5. The van der Waals surface area contributed by atoms with Gasteiger partial charge in [0.25, 0.3) is 5.91 Å². The molecule has 1 aromatic rings. The lowest BCUT2D eigenvalue weighted by molar-refractivity contribution is -0.126. The van der Waals surface area contributed by atoms with Crippen LogP contribution in [-0.4, -0.2) is 36.8 Å². The van der Waals surface area contributed by atoms with E-state index in [0.717, 1.165) is 0 Å². The maximum atomic E-state index is 11.8. The summed E-state index contributed by atoms with van der Waals surface area (Å²) < 4.78 is 10.6. The smallest absolute Gasteiger partial charge is 0.321 e. The van der Waals surface area contributed by atoms with Crippen LogP contribution < -0.4 is 20.1 Å². The summed E-state index contributed by atoms with van der Waals surface area (Å²) in [6, 6.07) is 4.32. The lowest BCUT2D eigenvalue weighted by Crippen LogP contribution is -2.45. The van der Waals surface area contributed by atoms with E-state index in [1.807, 2.05) is 0 Å². The molecule has 0 aromatic heterocycles. The molecule has 0 fully saturated rings. The van der Waals surface area contributed by atoms with Gasteiger partial charge in [-0.3, -0.25) is 10.1 Å². The van der Waals surface area contributed by atoms with Crippen molar-refractivity contribution in [3.8, 4) is 11.5 Å². The lowest BCUT2D eigenvalue weighted by atomic mass is 10.2. The molecular weight excluding hydrogens is 276 g/mol. The van der Waals surface area contributed by atoms with Crippen molar-refractivity contribution in [1.29, 1.82) is 0 Å². The van der Waals surface area contributed by atoms with Crippen LogP contribution in [0.5, 0.6) is 11.5 Å². The van der Waals surface area contributed by atoms with Crippen molar-refractivity contribution in [1.82, 2.24) is 10.6 Å². The van der Waals surface area contributed by atoms with E-state index in [9.17, 15) is 9.59 Å². The number of carbonyl (C=O) groups excluding carboxylic acids is 2. The molecule has 0 saturated heterocycles. The van der Waals surface area contributed by atoms with Crippen LogP contribution in [0.4, 0.5) is 4.79 Å². The Kier molecular flexibility index (Phi) is 6.48. The summed E-state index contributed by atoms with van der Waals surface area (Å²) in [6.45, 7) is 3.52. The summed E-state index contributed by atoms with van der Waals surface area (Å²) in [4.78, 5) is 23.1. The fourth-order valence-electron chi connectivity index (χ4n) is 1.57. The van der Waals surface area contributed by atoms with Gasteiger partial charge in [0, 0.05) is 6.54 Å². The van der Waals surface area contributed by atoms with E-state index in [2.05, 4.69) is 10.6 Å². The Hall–Kier alpha value is -2.28. The number of ether oxygens (including phenoxy) is 2. The van der Waals surface area contributed by atoms with Crippen molar-refractivity contribution >= 4 is 11.9 Å². The average molecular weight is 296 g/mol. The van der Waals surface area contributed by atoms with E-state index in [0.29, 0.717) is 23.6 Å². The van der Waals surface area contributed by atoms with Crippen molar-refractivity contribution in [2.24, 2.45) is 0 Å². The van der Waals surface area contributed by atoms with Crippen molar-refractivity contribution in [3.63, 3.8) is 0 Å². The van der Waals surface area contributed by atoms with Gasteiger partial charge in [-0.1, -0.05) is 6.07 Å². The number of benzene rings is 1. The molecule has 116 valence electrons. The van der Waals surface area contributed by atoms with Gasteiger partial charge in [-0.2, -0.15) is 0 Å². The summed E-state index contributed by atoms with van der Waals surface area (Å²) in [5.41, 5.74) is 0.627. The minimum absolute atomic E-state index is 0.153. The molecule has 0 bridgehead atoms. The average Bonchev–Trinajstić information content (AvgIpc) is 2.47. The van der Waals surface area contributed by atoms with Gasteiger partial charge >= 0.3 is 6.03 Å². The van der Waals surface area contributed by atoms with Gasteiger partial charge in [0.05, 0.1) is 13.7 Å². The molecule has 3 N–H and O–H groups in total. The number of imide groups is 1. The van der Waals surface area contributed by atoms with Crippen molar-refractivity contribution in [2.75, 3.05) is 13.7 Å². The van der Waals surface area contributed by atoms with E-state index in [1.54, 1.807) is 25.1 Å². The molecule has 21 heavy (non-hydrogen) atoms. The molecule has 0 heterocycles. The van der Waals surface area contributed by atoms with Crippen LogP contribution in [0.3, 0.4) is 0 Å². The van der Waals surface area contributed by atoms with Gasteiger partial charge in [-0.15, -0.1) is 0 Å². The standard InChI is InChI=1S/C14H20N2O5/c1-4-15-14(19)16-13(18)9(2)21-12-7-10(8-17)5-6-11(12)20-3/h5-7,9,17H,4,8H2,1-3H3,(H2,15,16,18,19). The number of carbonyl (C=O) groups is 2. The third-order valence-corrected chi connectivity index (χ3v) is 2.66. The van der Waals surface area contributed by atoms with Crippen LogP contribution in [0.15, 0.2) is 18.2 Å². The highest BCUT2D eigenvalue weighted by atomic mass is 16.5. The summed E-state index contributed by atoms with van der Waals surface area (Å²) >= 11 is 0. The third-order valence-electron chi connectivity index (χ3n) is 2.66. The Bertz CT molecular complexity index is 504. The van der Waals surface area contributed by atoms with E-state index >= 15 is 0 Å². The zero-order valence-corrected chi connectivity index (χ0v) is 12.3. The van der Waals surface area contributed by atoms with Gasteiger partial charge in [0.15, 0.2) is 17.6 Å². The molecule has 3 amide bonds. The molecule has 1 aromatic carbocycles. The quantitative estimate of drug-likeness (QED) is 0.721. The van der Waals surface area contributed by atoms with Crippen LogP contribution in [0, 0.1) is 0 Å². The minimum atomic E-state index is -0.893. The Morgan fingerprint density at radius 1 is 1.33 bits per heavy atom. The number of amides is 3. The molecule has 7 nitrogen and oxygen atoms in total. The Morgan fingerprint density at radius 2 is 2.05 bits per heavy atom. The molecule has 1 rings (SSSR count). The van der Waals surface area contributed by atoms with Gasteiger partial charge in [-0.05, 0) is 31.5 Å². The monoisotopic (exact) mass is 296 g/mol. The van der Waals surface area contributed by atoms with Crippen LogP contribution in [-0.2, 0) is 11.4 Å². The maximum Gasteiger partial charge on any atom is 0.321 e. The van der Waals surface area contributed by atoms with Crippen molar-refractivity contribution < 1.29 is 24.2 Å². The lowest BCUT2D eigenvalue weighted by Gasteiger charge is -2.17. The van der Waals surface area contributed by atoms with Crippen LogP contribution in [0.2, 0.25) is 0 Å². The Labute approximate surface area is 123 Å². The van der Waals surface area contributed by atoms with E-state index in [1.165, 1.54) is 14.0 Å².